The highest BCUT2D eigenvalue weighted by Gasteiger charge is 2.34. The van der Waals surface area contributed by atoms with Crippen LogP contribution in [-0.2, 0) is 6.54 Å². The molecule has 1 saturated carbocycles. The Balaban J connectivity index is 1.35. The maximum absolute atomic E-state index is 14.4. The molecular formula is C30H38FN5O3. The lowest BCUT2D eigenvalue weighted by Gasteiger charge is -2.36. The van der Waals surface area contributed by atoms with E-state index < -0.39 is 5.60 Å². The van der Waals surface area contributed by atoms with Gasteiger partial charge in [0, 0.05) is 43.9 Å². The highest BCUT2D eigenvalue weighted by Crippen LogP contribution is 2.33. The highest BCUT2D eigenvalue weighted by atomic mass is 19.1. The molecule has 39 heavy (non-hydrogen) atoms. The summed E-state index contributed by atoms with van der Waals surface area (Å²) in [5.74, 6) is -0.0253. The first kappa shape index (κ1) is 27.1. The molecule has 2 aromatic carbocycles. The van der Waals surface area contributed by atoms with Crippen LogP contribution in [0.4, 0.5) is 10.1 Å². The summed E-state index contributed by atoms with van der Waals surface area (Å²) < 4.78 is 21.4. The zero-order chi connectivity index (χ0) is 27.2. The van der Waals surface area contributed by atoms with Crippen molar-refractivity contribution in [1.29, 1.82) is 0 Å². The standard InChI is InChI=1S/C30H38FN5O3/c1-39-24-10-11-26(25(31)18-24)33-15-12-23-19-32-16-17-36(23)29(37)27-28(22-8-4-2-5-9-22)35(21-34-27)20-30(38)13-6-3-7-14-30/h2,4-5,8-11,18,21,23,32-33,38H,3,6-7,12-17,19-20H2,1H3/t23-/m1/s1. The fraction of sp³-hybridized carbons (Fsp3) is 0.467. The van der Waals surface area contributed by atoms with Crippen molar-refractivity contribution in [3.8, 4) is 17.0 Å². The number of carbonyl (C=O) groups excluding carboxylic acids is 1. The zero-order valence-electron chi connectivity index (χ0n) is 22.5. The molecule has 208 valence electrons. The van der Waals surface area contributed by atoms with E-state index in [1.807, 2.05) is 39.8 Å². The topological polar surface area (TPSA) is 91.7 Å². The van der Waals surface area contributed by atoms with Gasteiger partial charge in [0.1, 0.15) is 11.6 Å². The summed E-state index contributed by atoms with van der Waals surface area (Å²) in [4.78, 5) is 20.5. The van der Waals surface area contributed by atoms with Crippen molar-refractivity contribution in [3.63, 3.8) is 0 Å². The lowest BCUT2D eigenvalue weighted by molar-refractivity contribution is -0.0111. The van der Waals surface area contributed by atoms with Crippen LogP contribution in [0.3, 0.4) is 0 Å². The third-order valence-corrected chi connectivity index (χ3v) is 7.92. The van der Waals surface area contributed by atoms with E-state index in [2.05, 4.69) is 15.6 Å². The number of imidazole rings is 1. The van der Waals surface area contributed by atoms with Gasteiger partial charge in [-0.3, -0.25) is 4.79 Å². The van der Waals surface area contributed by atoms with E-state index in [-0.39, 0.29) is 17.8 Å². The predicted molar refractivity (Wildman–Crippen MR) is 149 cm³/mol. The Labute approximate surface area is 229 Å². The molecule has 1 saturated heterocycles. The van der Waals surface area contributed by atoms with Gasteiger partial charge in [-0.1, -0.05) is 49.6 Å². The molecule has 2 aliphatic rings. The molecule has 1 amide bonds. The van der Waals surface area contributed by atoms with Crippen molar-refractivity contribution in [1.82, 2.24) is 19.8 Å². The number of hydrogen-bond acceptors (Lipinski definition) is 6. The van der Waals surface area contributed by atoms with E-state index >= 15 is 0 Å². The summed E-state index contributed by atoms with van der Waals surface area (Å²) >= 11 is 0. The number of rotatable bonds is 9. The molecule has 1 aliphatic carbocycles. The molecule has 2 heterocycles. The molecule has 1 aliphatic heterocycles. The Morgan fingerprint density at radius 2 is 2.00 bits per heavy atom. The molecule has 0 spiro atoms. The monoisotopic (exact) mass is 535 g/mol. The number of ether oxygens (including phenoxy) is 1. The number of halogens is 1. The molecule has 0 radical (unpaired) electrons. The number of aromatic nitrogens is 2. The fourth-order valence-corrected chi connectivity index (χ4v) is 5.80. The van der Waals surface area contributed by atoms with Gasteiger partial charge in [-0.15, -0.1) is 0 Å². The third kappa shape index (κ3) is 6.25. The first-order valence-electron chi connectivity index (χ1n) is 13.9. The van der Waals surface area contributed by atoms with Crippen molar-refractivity contribution in [2.45, 2.75) is 56.7 Å². The lowest BCUT2D eigenvalue weighted by atomic mass is 9.84. The summed E-state index contributed by atoms with van der Waals surface area (Å²) in [7, 11) is 1.51. The van der Waals surface area contributed by atoms with Gasteiger partial charge in [-0.05, 0) is 31.4 Å². The average molecular weight is 536 g/mol. The van der Waals surface area contributed by atoms with Gasteiger partial charge < -0.3 is 29.9 Å². The molecule has 9 heteroatoms. The van der Waals surface area contributed by atoms with Crippen molar-refractivity contribution in [3.05, 3.63) is 66.4 Å². The van der Waals surface area contributed by atoms with Crippen molar-refractivity contribution in [2.75, 3.05) is 38.6 Å². The SMILES string of the molecule is COc1ccc(NCC[C@@H]2CNCCN2C(=O)c2ncn(CC3(O)CCCCC3)c2-c2ccccc2)c(F)c1. The Bertz CT molecular complexity index is 1260. The van der Waals surface area contributed by atoms with Crippen LogP contribution < -0.4 is 15.4 Å². The minimum Gasteiger partial charge on any atom is -0.497 e. The summed E-state index contributed by atoms with van der Waals surface area (Å²) in [6.45, 7) is 2.83. The minimum absolute atomic E-state index is 0.0728. The second kappa shape index (κ2) is 12.2. The Morgan fingerprint density at radius 1 is 1.21 bits per heavy atom. The molecule has 8 nitrogen and oxygen atoms in total. The van der Waals surface area contributed by atoms with Gasteiger partial charge in [-0.2, -0.15) is 0 Å². The molecule has 2 fully saturated rings. The predicted octanol–water partition coefficient (Wildman–Crippen LogP) is 4.31. The number of carbonyl (C=O) groups is 1. The quantitative estimate of drug-likeness (QED) is 0.378. The van der Waals surface area contributed by atoms with Gasteiger partial charge in [0.25, 0.3) is 5.91 Å². The summed E-state index contributed by atoms with van der Waals surface area (Å²) in [5, 5.41) is 17.8. The maximum atomic E-state index is 14.4. The van der Waals surface area contributed by atoms with E-state index in [1.54, 1.807) is 18.5 Å². The average Bonchev–Trinajstić information content (AvgIpc) is 3.37. The van der Waals surface area contributed by atoms with E-state index in [1.165, 1.54) is 13.2 Å². The van der Waals surface area contributed by atoms with Crippen molar-refractivity contribution in [2.24, 2.45) is 0 Å². The second-order valence-corrected chi connectivity index (χ2v) is 10.6. The first-order chi connectivity index (χ1) is 19.0. The number of hydrogen-bond donors (Lipinski definition) is 3. The Kier molecular flexibility index (Phi) is 8.47. The van der Waals surface area contributed by atoms with Gasteiger partial charge in [0.15, 0.2) is 5.69 Å². The Hall–Kier alpha value is -3.43. The number of nitrogens with one attached hydrogen (secondary N) is 2. The van der Waals surface area contributed by atoms with Crippen LogP contribution in [0.2, 0.25) is 0 Å². The third-order valence-electron chi connectivity index (χ3n) is 7.92. The molecule has 5 rings (SSSR count). The second-order valence-electron chi connectivity index (χ2n) is 10.6. The molecule has 0 unspecified atom stereocenters. The van der Waals surface area contributed by atoms with Gasteiger partial charge in [-0.25, -0.2) is 9.37 Å². The highest BCUT2D eigenvalue weighted by molar-refractivity contribution is 5.98. The first-order valence-corrected chi connectivity index (χ1v) is 13.9. The molecule has 1 aromatic heterocycles. The van der Waals surface area contributed by atoms with Gasteiger partial charge >= 0.3 is 0 Å². The van der Waals surface area contributed by atoms with Crippen LogP contribution in [0.15, 0.2) is 54.9 Å². The summed E-state index contributed by atoms with van der Waals surface area (Å²) in [5.41, 5.74) is 1.67. The number of anilines is 1. The molecule has 0 bridgehead atoms. The fourth-order valence-electron chi connectivity index (χ4n) is 5.80. The van der Waals surface area contributed by atoms with Crippen LogP contribution >= 0.6 is 0 Å². The normalized spacial score (nSPS) is 19.1. The van der Waals surface area contributed by atoms with Crippen LogP contribution in [0.25, 0.3) is 11.3 Å². The number of piperazine rings is 1. The van der Waals surface area contributed by atoms with Gasteiger partial charge in [0.05, 0.1) is 37.0 Å². The Morgan fingerprint density at radius 3 is 2.74 bits per heavy atom. The van der Waals surface area contributed by atoms with E-state index in [0.29, 0.717) is 56.3 Å². The number of methoxy groups -OCH3 is 1. The number of amides is 1. The molecular weight excluding hydrogens is 497 g/mol. The lowest BCUT2D eigenvalue weighted by Crippen LogP contribution is -2.54. The van der Waals surface area contributed by atoms with Crippen LogP contribution in [-0.4, -0.2) is 70.4 Å². The molecule has 1 atom stereocenters. The molecule has 3 aromatic rings. The zero-order valence-corrected chi connectivity index (χ0v) is 22.5. The van der Waals surface area contributed by atoms with Gasteiger partial charge in [0.2, 0.25) is 0 Å². The summed E-state index contributed by atoms with van der Waals surface area (Å²) in [6.07, 6.45) is 7.02. The van der Waals surface area contributed by atoms with Crippen LogP contribution in [0.5, 0.6) is 5.75 Å². The van der Waals surface area contributed by atoms with Crippen molar-refractivity contribution >= 4 is 11.6 Å². The maximum Gasteiger partial charge on any atom is 0.275 e. The van der Waals surface area contributed by atoms with Crippen LogP contribution in [0.1, 0.15) is 49.0 Å². The summed E-state index contributed by atoms with van der Waals surface area (Å²) in [6, 6.07) is 14.5. The van der Waals surface area contributed by atoms with E-state index in [9.17, 15) is 14.3 Å². The number of aliphatic hydroxyl groups is 1. The van der Waals surface area contributed by atoms with E-state index in [4.69, 9.17) is 4.74 Å². The smallest absolute Gasteiger partial charge is 0.275 e. The number of nitrogens with zero attached hydrogens (tertiary/aromatic N) is 3. The molecule has 3 N–H and O–H groups in total. The van der Waals surface area contributed by atoms with Crippen LogP contribution in [0, 0.1) is 5.82 Å². The minimum atomic E-state index is -0.789. The van der Waals surface area contributed by atoms with E-state index in [0.717, 1.165) is 43.4 Å². The number of benzene rings is 2. The van der Waals surface area contributed by atoms with Crippen molar-refractivity contribution < 1.29 is 19.0 Å². The largest absolute Gasteiger partial charge is 0.497 e.